The van der Waals surface area contributed by atoms with Gasteiger partial charge in [-0.1, -0.05) is 67.3 Å². The summed E-state index contributed by atoms with van der Waals surface area (Å²) >= 11 is 4.79. The molecule has 1 N–H and O–H groups in total. The Kier molecular flexibility index (Phi) is 7.45. The van der Waals surface area contributed by atoms with E-state index in [9.17, 15) is 0 Å². The van der Waals surface area contributed by atoms with Crippen LogP contribution in [0.3, 0.4) is 0 Å². The summed E-state index contributed by atoms with van der Waals surface area (Å²) in [6.07, 6.45) is 16.6. The van der Waals surface area contributed by atoms with E-state index in [2.05, 4.69) is 73.3 Å². The molecular weight excluding hydrogens is 374 g/mol. The van der Waals surface area contributed by atoms with Gasteiger partial charge < -0.3 is 5.21 Å². The predicted molar refractivity (Wildman–Crippen MR) is 127 cm³/mol. The summed E-state index contributed by atoms with van der Waals surface area (Å²) in [7, 11) is 0. The average molecular weight is 406 g/mol. The number of nitrogens with zero attached hydrogens (tertiary/aromatic N) is 1. The monoisotopic (exact) mass is 405 g/mol. The van der Waals surface area contributed by atoms with Crippen LogP contribution in [0.25, 0.3) is 6.08 Å². The Morgan fingerprint density at radius 1 is 1.03 bits per heavy atom. The van der Waals surface area contributed by atoms with Crippen LogP contribution in [0.4, 0.5) is 0 Å². The summed E-state index contributed by atoms with van der Waals surface area (Å²) < 4.78 is -0.171. The highest BCUT2D eigenvalue weighted by atomic mass is 32.1. The summed E-state index contributed by atoms with van der Waals surface area (Å²) in [4.78, 5) is 0. The lowest BCUT2D eigenvalue weighted by Gasteiger charge is -2.22. The van der Waals surface area contributed by atoms with Crippen molar-refractivity contribution in [3.8, 4) is 11.8 Å². The number of allylic oxidation sites excluding steroid dienone is 5. The van der Waals surface area contributed by atoms with E-state index in [-0.39, 0.29) is 4.75 Å². The average Bonchev–Trinajstić information content (AvgIpc) is 2.84. The first kappa shape index (κ1) is 21.5. The third-order valence-corrected chi connectivity index (χ3v) is 6.06. The fraction of sp³-hybridized carbons (Fsp3) is 0.423. The van der Waals surface area contributed by atoms with E-state index in [1.54, 1.807) is 0 Å². The second kappa shape index (κ2) is 10.0. The summed E-state index contributed by atoms with van der Waals surface area (Å²) in [6.45, 7) is 4.46. The molecule has 0 amide bonds. The molecule has 0 aliphatic heterocycles. The van der Waals surface area contributed by atoms with Crippen LogP contribution >= 0.6 is 12.6 Å². The number of hydrogen-bond acceptors (Lipinski definition) is 3. The summed E-state index contributed by atoms with van der Waals surface area (Å²) in [5, 5.41) is 12.0. The first-order valence-electron chi connectivity index (χ1n) is 10.5. The molecule has 0 bridgehead atoms. The van der Waals surface area contributed by atoms with Crippen molar-refractivity contribution < 1.29 is 5.21 Å². The van der Waals surface area contributed by atoms with E-state index in [4.69, 9.17) is 17.8 Å². The first-order chi connectivity index (χ1) is 13.9. The lowest BCUT2D eigenvalue weighted by Crippen LogP contribution is -2.17. The van der Waals surface area contributed by atoms with Gasteiger partial charge in [-0.05, 0) is 73.3 Å². The molecule has 29 heavy (non-hydrogen) atoms. The fourth-order valence-electron chi connectivity index (χ4n) is 4.02. The zero-order valence-corrected chi connectivity index (χ0v) is 18.3. The van der Waals surface area contributed by atoms with Crippen molar-refractivity contribution in [3.05, 3.63) is 64.8 Å². The van der Waals surface area contributed by atoms with E-state index in [1.165, 1.54) is 37.5 Å². The Balaban J connectivity index is 1.64. The van der Waals surface area contributed by atoms with Gasteiger partial charge in [0, 0.05) is 16.2 Å². The summed E-state index contributed by atoms with van der Waals surface area (Å²) in [6, 6.07) is 8.47. The number of hydrogen-bond donors (Lipinski definition) is 2. The van der Waals surface area contributed by atoms with Crippen LogP contribution in [0.2, 0.25) is 0 Å². The fourth-order valence-corrected chi connectivity index (χ4v) is 4.39. The van der Waals surface area contributed by atoms with Crippen LogP contribution in [0.5, 0.6) is 0 Å². The second-order valence-corrected chi connectivity index (χ2v) is 9.84. The molecule has 1 fully saturated rings. The molecule has 1 unspecified atom stereocenters. The summed E-state index contributed by atoms with van der Waals surface area (Å²) in [5.41, 5.74) is 4.44. The summed E-state index contributed by atoms with van der Waals surface area (Å²) in [5.74, 6) is 8.27. The maximum atomic E-state index is 8.80. The van der Waals surface area contributed by atoms with E-state index >= 15 is 0 Å². The molecule has 1 saturated carbocycles. The Labute approximate surface area is 180 Å². The van der Waals surface area contributed by atoms with Crippen LogP contribution in [0, 0.1) is 23.7 Å². The quantitative estimate of drug-likeness (QED) is 0.190. The van der Waals surface area contributed by atoms with E-state index in [0.29, 0.717) is 5.92 Å². The van der Waals surface area contributed by atoms with Crippen molar-refractivity contribution >= 4 is 24.9 Å². The van der Waals surface area contributed by atoms with Crippen molar-refractivity contribution in [2.75, 3.05) is 0 Å². The zero-order chi connectivity index (χ0) is 20.7. The van der Waals surface area contributed by atoms with Gasteiger partial charge in [-0.2, -0.15) is 12.6 Å². The molecule has 2 aliphatic carbocycles. The van der Waals surface area contributed by atoms with Crippen LogP contribution in [0.1, 0.15) is 63.5 Å². The Hall–Kier alpha value is -2.18. The molecule has 3 rings (SSSR count). The van der Waals surface area contributed by atoms with E-state index in [1.807, 2.05) is 6.08 Å². The van der Waals surface area contributed by atoms with Gasteiger partial charge in [0.1, 0.15) is 0 Å². The minimum atomic E-state index is -0.171. The third-order valence-electron chi connectivity index (χ3n) is 5.74. The first-order valence-corrected chi connectivity index (χ1v) is 11.0. The third kappa shape index (κ3) is 6.98. The molecule has 0 saturated heterocycles. The van der Waals surface area contributed by atoms with Crippen LogP contribution in [0.15, 0.2) is 58.8 Å². The number of oxime groups is 1. The van der Waals surface area contributed by atoms with Gasteiger partial charge in [0.25, 0.3) is 0 Å². The Bertz CT molecular complexity index is 870. The Morgan fingerprint density at radius 3 is 2.38 bits per heavy atom. The van der Waals surface area contributed by atoms with Gasteiger partial charge in [-0.15, -0.1) is 0 Å². The zero-order valence-electron chi connectivity index (χ0n) is 17.4. The standard InChI is InChI=1S/C26H31NOS/c1-20-3-5-21(6-4-20)7-8-22-9-11-23(12-10-22)13-14-24-15-16-25(19-27-28)18-26(2,29)17-24/h9-16,19-21,28-29H,3-6,17-18H2,1-2H3/b14-13+,27-19+. The van der Waals surface area contributed by atoms with E-state index < -0.39 is 0 Å². The lowest BCUT2D eigenvalue weighted by atomic mass is 9.83. The number of benzene rings is 1. The highest BCUT2D eigenvalue weighted by Gasteiger charge is 2.23. The topological polar surface area (TPSA) is 32.6 Å². The highest BCUT2D eigenvalue weighted by Crippen LogP contribution is 2.33. The van der Waals surface area contributed by atoms with Gasteiger partial charge in [0.15, 0.2) is 0 Å². The molecular formula is C26H31NOS. The van der Waals surface area contributed by atoms with Crippen LogP contribution in [-0.2, 0) is 0 Å². The number of rotatable bonds is 3. The maximum absolute atomic E-state index is 8.80. The highest BCUT2D eigenvalue weighted by molar-refractivity contribution is 7.81. The van der Waals surface area contributed by atoms with Crippen LogP contribution in [-0.4, -0.2) is 16.2 Å². The maximum Gasteiger partial charge on any atom is 0.0693 e. The van der Waals surface area contributed by atoms with Gasteiger partial charge in [-0.3, -0.25) is 0 Å². The molecule has 0 heterocycles. The minimum Gasteiger partial charge on any atom is -0.411 e. The van der Waals surface area contributed by atoms with Gasteiger partial charge >= 0.3 is 0 Å². The minimum absolute atomic E-state index is 0.171. The van der Waals surface area contributed by atoms with Gasteiger partial charge in [0.05, 0.1) is 6.21 Å². The molecule has 0 spiro atoms. The van der Waals surface area contributed by atoms with Gasteiger partial charge in [-0.25, -0.2) is 0 Å². The van der Waals surface area contributed by atoms with Gasteiger partial charge in [0.2, 0.25) is 0 Å². The molecule has 0 aromatic heterocycles. The van der Waals surface area contributed by atoms with Crippen molar-refractivity contribution in [1.29, 1.82) is 0 Å². The number of thiol groups is 1. The molecule has 2 aliphatic rings. The second-order valence-electron chi connectivity index (χ2n) is 8.76. The van der Waals surface area contributed by atoms with Crippen molar-refractivity contribution in [1.82, 2.24) is 0 Å². The molecule has 152 valence electrons. The van der Waals surface area contributed by atoms with Crippen LogP contribution < -0.4 is 0 Å². The Morgan fingerprint density at radius 2 is 1.69 bits per heavy atom. The van der Waals surface area contributed by atoms with Crippen molar-refractivity contribution in [2.24, 2.45) is 17.0 Å². The molecule has 1 atom stereocenters. The molecule has 2 nitrogen and oxygen atoms in total. The van der Waals surface area contributed by atoms with Crippen molar-refractivity contribution in [2.45, 2.75) is 57.1 Å². The smallest absolute Gasteiger partial charge is 0.0693 e. The molecule has 1 aromatic rings. The lowest BCUT2D eigenvalue weighted by molar-refractivity contribution is 0.321. The van der Waals surface area contributed by atoms with E-state index in [0.717, 1.165) is 35.5 Å². The molecule has 0 radical (unpaired) electrons. The van der Waals surface area contributed by atoms with Crippen molar-refractivity contribution in [3.63, 3.8) is 0 Å². The molecule has 1 aromatic carbocycles. The largest absolute Gasteiger partial charge is 0.411 e. The SMILES string of the molecule is CC1CCC(C#Cc2ccc(/C=C/C3=CC=C(/C=N/O)CC(C)(S)C3)cc2)CC1. The normalized spacial score (nSPS) is 27.8. The molecule has 3 heteroatoms. The predicted octanol–water partition coefficient (Wildman–Crippen LogP) is 6.67.